The van der Waals surface area contributed by atoms with Crippen LogP contribution in [-0.4, -0.2) is 16.9 Å². The molecule has 5 nitrogen and oxygen atoms in total. The largest absolute Gasteiger partial charge is 0.481 e. The van der Waals surface area contributed by atoms with Gasteiger partial charge in [-0.3, -0.25) is 0 Å². The number of rotatable bonds is 1. The van der Waals surface area contributed by atoms with Crippen molar-refractivity contribution in [1.29, 1.82) is 0 Å². The number of amidine groups is 1. The molecular formula is C15H16N4O. The van der Waals surface area contributed by atoms with Gasteiger partial charge in [0.1, 0.15) is 11.6 Å². The van der Waals surface area contributed by atoms with Gasteiger partial charge in [-0.15, -0.1) is 0 Å². The lowest BCUT2D eigenvalue weighted by Crippen LogP contribution is -2.34. The molecule has 0 saturated heterocycles. The standard InChI is InChI=1S/C15H16N4O/c1-9-5-6-17-14(7-9)19-15-10(2)20-13-8-11(16)3-4-12(13)18-15/h3-8,10H,16H2,1-2H3,(H,17,18,19). The summed E-state index contributed by atoms with van der Waals surface area (Å²) in [4.78, 5) is 8.75. The van der Waals surface area contributed by atoms with Crippen LogP contribution in [0.15, 0.2) is 41.5 Å². The van der Waals surface area contributed by atoms with Gasteiger partial charge in [0.05, 0.1) is 5.69 Å². The Bertz CT molecular complexity index is 681. The molecule has 3 rings (SSSR count). The lowest BCUT2D eigenvalue weighted by Gasteiger charge is -2.26. The predicted octanol–water partition coefficient (Wildman–Crippen LogP) is 2.90. The molecule has 0 saturated carbocycles. The fourth-order valence-corrected chi connectivity index (χ4v) is 2.05. The second kappa shape index (κ2) is 4.85. The van der Waals surface area contributed by atoms with Crippen LogP contribution < -0.4 is 15.8 Å². The Morgan fingerprint density at radius 3 is 2.95 bits per heavy atom. The number of benzene rings is 1. The zero-order valence-electron chi connectivity index (χ0n) is 11.4. The molecule has 0 aliphatic carbocycles. The van der Waals surface area contributed by atoms with E-state index < -0.39 is 0 Å². The van der Waals surface area contributed by atoms with Gasteiger partial charge in [-0.05, 0) is 43.7 Å². The van der Waals surface area contributed by atoms with Crippen LogP contribution in [0.5, 0.6) is 5.75 Å². The third-order valence-corrected chi connectivity index (χ3v) is 3.09. The van der Waals surface area contributed by atoms with E-state index in [2.05, 4.69) is 15.3 Å². The third-order valence-electron chi connectivity index (χ3n) is 3.09. The van der Waals surface area contributed by atoms with Gasteiger partial charge >= 0.3 is 0 Å². The Labute approximate surface area is 117 Å². The summed E-state index contributed by atoms with van der Waals surface area (Å²) in [5.41, 5.74) is 8.42. The topological polar surface area (TPSA) is 72.5 Å². The van der Waals surface area contributed by atoms with Crippen molar-refractivity contribution >= 4 is 23.0 Å². The monoisotopic (exact) mass is 268 g/mol. The number of hydrogen-bond acceptors (Lipinski definition) is 4. The smallest absolute Gasteiger partial charge is 0.154 e. The molecule has 0 fully saturated rings. The maximum atomic E-state index is 5.83. The normalized spacial score (nSPS) is 19.1. The number of nitrogens with zero attached hydrogens (tertiary/aromatic N) is 2. The summed E-state index contributed by atoms with van der Waals surface area (Å²) in [5, 5.41) is 3.27. The number of nitrogens with two attached hydrogens (primary N) is 1. The van der Waals surface area contributed by atoms with Crippen molar-refractivity contribution in [1.82, 2.24) is 4.98 Å². The number of ether oxygens (including phenoxy) is 1. The highest BCUT2D eigenvalue weighted by Crippen LogP contribution is 2.32. The molecule has 1 aromatic carbocycles. The maximum Gasteiger partial charge on any atom is 0.154 e. The number of aliphatic imine (C=N–C) groups is 1. The first kappa shape index (κ1) is 12.5. The van der Waals surface area contributed by atoms with Crippen molar-refractivity contribution in [2.45, 2.75) is 20.0 Å². The molecule has 1 aliphatic rings. The summed E-state index contributed by atoms with van der Waals surface area (Å²) in [7, 11) is 0. The molecule has 1 atom stereocenters. The summed E-state index contributed by atoms with van der Waals surface area (Å²) in [6.07, 6.45) is 1.57. The van der Waals surface area contributed by atoms with Crippen molar-refractivity contribution in [2.24, 2.45) is 4.99 Å². The highest BCUT2D eigenvalue weighted by molar-refractivity contribution is 6.02. The van der Waals surface area contributed by atoms with E-state index in [-0.39, 0.29) is 6.10 Å². The number of pyridine rings is 1. The molecular weight excluding hydrogens is 252 g/mol. The van der Waals surface area contributed by atoms with Crippen LogP contribution in [-0.2, 0) is 0 Å². The lowest BCUT2D eigenvalue weighted by atomic mass is 10.2. The van der Waals surface area contributed by atoms with Gasteiger partial charge in [0.15, 0.2) is 11.9 Å². The van der Waals surface area contributed by atoms with E-state index >= 15 is 0 Å². The Hall–Kier alpha value is -2.56. The summed E-state index contributed by atoms with van der Waals surface area (Å²) >= 11 is 0. The van der Waals surface area contributed by atoms with E-state index in [1.807, 2.05) is 38.1 Å². The van der Waals surface area contributed by atoms with Crippen LogP contribution in [0, 0.1) is 6.92 Å². The summed E-state index contributed by atoms with van der Waals surface area (Å²) in [5.74, 6) is 2.15. The minimum absolute atomic E-state index is 0.174. The van der Waals surface area contributed by atoms with Gasteiger partial charge in [-0.2, -0.15) is 0 Å². The fraction of sp³-hybridized carbons (Fsp3) is 0.200. The average molecular weight is 268 g/mol. The molecule has 102 valence electrons. The minimum atomic E-state index is -0.174. The van der Waals surface area contributed by atoms with E-state index in [1.165, 1.54) is 0 Å². The van der Waals surface area contributed by atoms with Crippen molar-refractivity contribution in [3.8, 4) is 5.75 Å². The SMILES string of the molecule is Cc1ccnc(N=C2Nc3ccc(N)cc3OC2C)c1. The van der Waals surface area contributed by atoms with Crippen LogP contribution >= 0.6 is 0 Å². The average Bonchev–Trinajstić information content (AvgIpc) is 2.40. The molecule has 1 aromatic heterocycles. The van der Waals surface area contributed by atoms with E-state index in [9.17, 15) is 0 Å². The van der Waals surface area contributed by atoms with Crippen molar-refractivity contribution in [3.63, 3.8) is 0 Å². The number of aromatic nitrogens is 1. The number of nitrogens with one attached hydrogen (secondary N) is 1. The molecule has 1 aliphatic heterocycles. The Kier molecular flexibility index (Phi) is 3.02. The Morgan fingerprint density at radius 1 is 1.30 bits per heavy atom. The quantitative estimate of drug-likeness (QED) is 0.780. The van der Waals surface area contributed by atoms with Crippen molar-refractivity contribution in [2.75, 3.05) is 11.1 Å². The molecule has 20 heavy (non-hydrogen) atoms. The number of hydrogen-bond donors (Lipinski definition) is 2. The van der Waals surface area contributed by atoms with E-state index in [1.54, 1.807) is 12.3 Å². The van der Waals surface area contributed by atoms with Gasteiger partial charge in [-0.1, -0.05) is 0 Å². The second-order valence-corrected chi connectivity index (χ2v) is 4.83. The van der Waals surface area contributed by atoms with Gasteiger partial charge < -0.3 is 15.8 Å². The van der Waals surface area contributed by atoms with Gasteiger partial charge in [0, 0.05) is 18.0 Å². The van der Waals surface area contributed by atoms with E-state index in [0.29, 0.717) is 11.5 Å². The van der Waals surface area contributed by atoms with Crippen LogP contribution in [0.25, 0.3) is 0 Å². The third kappa shape index (κ3) is 2.42. The van der Waals surface area contributed by atoms with Gasteiger partial charge in [0.25, 0.3) is 0 Å². The molecule has 1 unspecified atom stereocenters. The van der Waals surface area contributed by atoms with Crippen molar-refractivity contribution < 1.29 is 4.74 Å². The van der Waals surface area contributed by atoms with E-state index in [0.717, 1.165) is 22.8 Å². The van der Waals surface area contributed by atoms with Crippen LogP contribution in [0.3, 0.4) is 0 Å². The first-order valence-electron chi connectivity index (χ1n) is 6.46. The molecule has 0 bridgehead atoms. The first-order valence-corrected chi connectivity index (χ1v) is 6.46. The first-order chi connectivity index (χ1) is 9.61. The predicted molar refractivity (Wildman–Crippen MR) is 80.6 cm³/mol. The number of nitrogen functional groups attached to an aromatic ring is 1. The second-order valence-electron chi connectivity index (χ2n) is 4.83. The van der Waals surface area contributed by atoms with Crippen LogP contribution in [0.2, 0.25) is 0 Å². The Balaban J connectivity index is 1.94. The summed E-state index contributed by atoms with van der Waals surface area (Å²) < 4.78 is 5.83. The maximum absolute atomic E-state index is 5.83. The Morgan fingerprint density at radius 2 is 2.15 bits per heavy atom. The molecule has 0 amide bonds. The van der Waals surface area contributed by atoms with Crippen LogP contribution in [0.1, 0.15) is 12.5 Å². The lowest BCUT2D eigenvalue weighted by molar-refractivity contribution is 0.283. The molecule has 0 spiro atoms. The molecule has 0 radical (unpaired) electrons. The van der Waals surface area contributed by atoms with E-state index in [4.69, 9.17) is 10.5 Å². The zero-order valence-corrected chi connectivity index (χ0v) is 11.4. The molecule has 2 aromatic rings. The summed E-state index contributed by atoms with van der Waals surface area (Å²) in [6.45, 7) is 3.95. The summed E-state index contributed by atoms with van der Waals surface area (Å²) in [6, 6.07) is 9.39. The van der Waals surface area contributed by atoms with Crippen LogP contribution in [0.4, 0.5) is 17.2 Å². The molecule has 3 N–H and O–H groups in total. The highest BCUT2D eigenvalue weighted by Gasteiger charge is 2.22. The number of anilines is 2. The number of fused-ring (bicyclic) bond motifs is 1. The molecule has 2 heterocycles. The minimum Gasteiger partial charge on any atom is -0.481 e. The van der Waals surface area contributed by atoms with Gasteiger partial charge in [0.2, 0.25) is 0 Å². The molecule has 5 heteroatoms. The fourth-order valence-electron chi connectivity index (χ4n) is 2.05. The van der Waals surface area contributed by atoms with Gasteiger partial charge in [-0.25, -0.2) is 9.98 Å². The number of aryl methyl sites for hydroxylation is 1. The van der Waals surface area contributed by atoms with Crippen molar-refractivity contribution in [3.05, 3.63) is 42.1 Å². The zero-order chi connectivity index (χ0) is 14.1. The highest BCUT2D eigenvalue weighted by atomic mass is 16.5.